The van der Waals surface area contributed by atoms with Crippen LogP contribution >= 0.6 is 11.8 Å². The number of benzene rings is 1. The van der Waals surface area contributed by atoms with E-state index >= 15 is 0 Å². The van der Waals surface area contributed by atoms with E-state index in [2.05, 4.69) is 10.1 Å². The average molecular weight is 410 g/mol. The van der Waals surface area contributed by atoms with E-state index in [-0.39, 0.29) is 30.0 Å². The van der Waals surface area contributed by atoms with Crippen LogP contribution in [0.25, 0.3) is 0 Å². The van der Waals surface area contributed by atoms with E-state index in [1.165, 1.54) is 33.1 Å². The number of anilines is 1. The molecule has 2 rings (SSSR count). The van der Waals surface area contributed by atoms with Crippen molar-refractivity contribution in [2.24, 2.45) is 0 Å². The van der Waals surface area contributed by atoms with E-state index in [0.717, 1.165) is 12.8 Å². The molecule has 154 valence electrons. The highest BCUT2D eigenvalue weighted by Crippen LogP contribution is 2.34. The first-order valence-corrected chi connectivity index (χ1v) is 10.1. The second-order valence-corrected chi connectivity index (χ2v) is 7.28. The third-order valence-corrected chi connectivity index (χ3v) is 5.28. The van der Waals surface area contributed by atoms with Gasteiger partial charge in [-0.3, -0.25) is 14.4 Å². The molecule has 1 fully saturated rings. The van der Waals surface area contributed by atoms with Crippen LogP contribution in [0.2, 0.25) is 0 Å². The maximum Gasteiger partial charge on any atom is 0.315 e. The zero-order valence-electron chi connectivity index (χ0n) is 16.4. The molecule has 0 spiro atoms. The molecule has 9 heteroatoms. The van der Waals surface area contributed by atoms with Crippen molar-refractivity contribution >= 4 is 35.2 Å². The molecule has 0 atom stereocenters. The van der Waals surface area contributed by atoms with Gasteiger partial charge in [-0.05, 0) is 18.9 Å². The van der Waals surface area contributed by atoms with E-state index in [4.69, 9.17) is 9.47 Å². The first-order chi connectivity index (χ1) is 13.5. The molecule has 1 aromatic rings. The van der Waals surface area contributed by atoms with Crippen molar-refractivity contribution in [3.05, 3.63) is 17.7 Å². The van der Waals surface area contributed by atoms with Crippen LogP contribution in [-0.2, 0) is 14.3 Å². The lowest BCUT2D eigenvalue weighted by Crippen LogP contribution is -2.29. The number of likely N-dealkylation sites (tertiary alicyclic amines) is 1. The molecule has 28 heavy (non-hydrogen) atoms. The zero-order chi connectivity index (χ0) is 20.5. The molecule has 1 aliphatic heterocycles. The predicted molar refractivity (Wildman–Crippen MR) is 107 cm³/mol. The first-order valence-electron chi connectivity index (χ1n) is 8.99. The van der Waals surface area contributed by atoms with Gasteiger partial charge in [-0.25, -0.2) is 0 Å². The van der Waals surface area contributed by atoms with E-state index < -0.39 is 0 Å². The Labute approximate surface area is 168 Å². The fourth-order valence-corrected chi connectivity index (χ4v) is 3.60. The van der Waals surface area contributed by atoms with Gasteiger partial charge in [0.2, 0.25) is 5.91 Å². The quantitative estimate of drug-likeness (QED) is 0.492. The highest BCUT2D eigenvalue weighted by atomic mass is 32.2. The molecule has 0 saturated carbocycles. The molecule has 1 aliphatic rings. The van der Waals surface area contributed by atoms with E-state index in [9.17, 15) is 14.4 Å². The van der Waals surface area contributed by atoms with E-state index in [1.54, 1.807) is 17.0 Å². The van der Waals surface area contributed by atoms with Crippen LogP contribution in [0.1, 0.15) is 29.6 Å². The summed E-state index contributed by atoms with van der Waals surface area (Å²) in [6.45, 7) is 1.40. The van der Waals surface area contributed by atoms with E-state index in [1.807, 2.05) is 0 Å². The summed E-state index contributed by atoms with van der Waals surface area (Å²) in [4.78, 5) is 38.1. The third kappa shape index (κ3) is 5.79. The zero-order valence-corrected chi connectivity index (χ0v) is 17.2. The molecular formula is C19H26N2O6S. The Kier molecular flexibility index (Phi) is 8.43. The lowest BCUT2D eigenvalue weighted by atomic mass is 10.1. The van der Waals surface area contributed by atoms with Crippen molar-refractivity contribution in [3.63, 3.8) is 0 Å². The average Bonchev–Trinajstić information content (AvgIpc) is 3.24. The second kappa shape index (κ2) is 10.8. The van der Waals surface area contributed by atoms with Crippen LogP contribution in [0.3, 0.4) is 0 Å². The van der Waals surface area contributed by atoms with Crippen molar-refractivity contribution in [2.45, 2.75) is 19.3 Å². The van der Waals surface area contributed by atoms with Crippen LogP contribution in [0, 0.1) is 0 Å². The minimum absolute atomic E-state index is 0.145. The SMILES string of the molecule is COC(=O)CSCCC(=O)Nc1cc(OC)c(OC)cc1C(=O)N1CCCC1. The number of esters is 1. The fraction of sp³-hybridized carbons (Fsp3) is 0.526. The summed E-state index contributed by atoms with van der Waals surface area (Å²) in [5.41, 5.74) is 0.757. The summed E-state index contributed by atoms with van der Waals surface area (Å²) in [6, 6.07) is 3.20. The monoisotopic (exact) mass is 410 g/mol. The number of carbonyl (C=O) groups is 3. The minimum Gasteiger partial charge on any atom is -0.493 e. The van der Waals surface area contributed by atoms with Gasteiger partial charge in [-0.1, -0.05) is 0 Å². The number of nitrogens with one attached hydrogen (secondary N) is 1. The number of thioether (sulfide) groups is 1. The third-order valence-electron chi connectivity index (χ3n) is 4.34. The Morgan fingerprint density at radius 1 is 1.07 bits per heavy atom. The van der Waals surface area contributed by atoms with Crippen molar-refractivity contribution < 1.29 is 28.6 Å². The molecule has 8 nitrogen and oxygen atoms in total. The minimum atomic E-state index is -0.330. The molecule has 1 N–H and O–H groups in total. The maximum atomic E-state index is 12.9. The van der Waals surface area contributed by atoms with E-state index in [0.29, 0.717) is 41.6 Å². The standard InChI is InChI=1S/C19H26N2O6S/c1-25-15-10-13(19(24)21-7-4-5-8-21)14(11-16(15)26-2)20-17(22)6-9-28-12-18(23)27-3/h10-11H,4-9,12H2,1-3H3,(H,20,22). The Morgan fingerprint density at radius 2 is 1.71 bits per heavy atom. The number of hydrogen-bond donors (Lipinski definition) is 1. The topological polar surface area (TPSA) is 94.2 Å². The summed E-state index contributed by atoms with van der Waals surface area (Å²) in [5.74, 6) is 0.785. The van der Waals surface area contributed by atoms with Gasteiger partial charge in [-0.15, -0.1) is 11.8 Å². The van der Waals surface area contributed by atoms with Gasteiger partial charge >= 0.3 is 5.97 Å². The number of hydrogen-bond acceptors (Lipinski definition) is 7. The lowest BCUT2D eigenvalue weighted by Gasteiger charge is -2.20. The number of nitrogens with zero attached hydrogens (tertiary/aromatic N) is 1. The van der Waals surface area contributed by atoms with Gasteiger partial charge in [0.15, 0.2) is 11.5 Å². The molecule has 0 aromatic heterocycles. The molecule has 0 radical (unpaired) electrons. The summed E-state index contributed by atoms with van der Waals surface area (Å²) in [6.07, 6.45) is 2.14. The van der Waals surface area contributed by atoms with Crippen LogP contribution < -0.4 is 14.8 Å². The summed E-state index contributed by atoms with van der Waals surface area (Å²) in [7, 11) is 4.32. The van der Waals surface area contributed by atoms with Gasteiger partial charge < -0.3 is 24.4 Å². The van der Waals surface area contributed by atoms with Crippen LogP contribution in [0.4, 0.5) is 5.69 Å². The number of rotatable bonds is 9. The maximum absolute atomic E-state index is 12.9. The smallest absolute Gasteiger partial charge is 0.315 e. The number of ether oxygens (including phenoxy) is 3. The largest absolute Gasteiger partial charge is 0.493 e. The van der Waals surface area contributed by atoms with Crippen LogP contribution in [-0.4, -0.2) is 68.6 Å². The summed E-state index contributed by atoms with van der Waals surface area (Å²) < 4.78 is 15.2. The lowest BCUT2D eigenvalue weighted by molar-refractivity contribution is -0.137. The van der Waals surface area contributed by atoms with Gasteiger partial charge in [0.25, 0.3) is 5.91 Å². The Hall–Kier alpha value is -2.42. The second-order valence-electron chi connectivity index (χ2n) is 6.18. The summed E-state index contributed by atoms with van der Waals surface area (Å²) in [5, 5.41) is 2.79. The number of carbonyl (C=O) groups excluding carboxylic acids is 3. The Balaban J connectivity index is 2.12. The molecule has 0 aliphatic carbocycles. The van der Waals surface area contributed by atoms with Crippen molar-refractivity contribution in [3.8, 4) is 11.5 Å². The molecule has 1 saturated heterocycles. The fourth-order valence-electron chi connectivity index (χ4n) is 2.84. The van der Waals surface area contributed by atoms with Crippen molar-refractivity contribution in [2.75, 3.05) is 51.2 Å². The predicted octanol–water partition coefficient (Wildman–Crippen LogP) is 2.17. The molecule has 1 aromatic carbocycles. The van der Waals surface area contributed by atoms with Gasteiger partial charge in [0.05, 0.1) is 38.3 Å². The first kappa shape index (κ1) is 21.9. The Morgan fingerprint density at radius 3 is 2.32 bits per heavy atom. The highest BCUT2D eigenvalue weighted by Gasteiger charge is 2.25. The molecule has 0 unspecified atom stereocenters. The van der Waals surface area contributed by atoms with Crippen molar-refractivity contribution in [1.82, 2.24) is 4.90 Å². The van der Waals surface area contributed by atoms with Gasteiger partial charge in [-0.2, -0.15) is 0 Å². The van der Waals surface area contributed by atoms with Gasteiger partial charge in [0, 0.05) is 31.3 Å². The number of methoxy groups -OCH3 is 3. The molecular weight excluding hydrogens is 384 g/mol. The molecule has 0 bridgehead atoms. The normalized spacial score (nSPS) is 13.2. The number of amides is 2. The van der Waals surface area contributed by atoms with Crippen LogP contribution in [0.5, 0.6) is 11.5 Å². The molecule has 2 amide bonds. The molecule has 1 heterocycles. The highest BCUT2D eigenvalue weighted by molar-refractivity contribution is 7.99. The van der Waals surface area contributed by atoms with Crippen LogP contribution in [0.15, 0.2) is 12.1 Å². The Bertz CT molecular complexity index is 719. The summed E-state index contributed by atoms with van der Waals surface area (Å²) >= 11 is 1.31. The van der Waals surface area contributed by atoms with Gasteiger partial charge in [0.1, 0.15) is 0 Å². The van der Waals surface area contributed by atoms with Crippen molar-refractivity contribution in [1.29, 1.82) is 0 Å².